The molecule has 5 bridgehead atoms. The quantitative estimate of drug-likeness (QED) is 0.331. The highest BCUT2D eigenvalue weighted by molar-refractivity contribution is 9.11. The van der Waals surface area contributed by atoms with Crippen molar-refractivity contribution in [2.24, 2.45) is 11.8 Å². The van der Waals surface area contributed by atoms with E-state index < -0.39 is 59.6 Å². The van der Waals surface area contributed by atoms with Crippen molar-refractivity contribution in [3.8, 4) is 0 Å². The van der Waals surface area contributed by atoms with Gasteiger partial charge in [-0.2, -0.15) is 0 Å². The molecule has 1 spiro atoms. The Labute approximate surface area is 273 Å². The maximum Gasteiger partial charge on any atom is 0.313 e. The first-order valence-corrected chi connectivity index (χ1v) is 16.9. The summed E-state index contributed by atoms with van der Waals surface area (Å²) in [6.07, 6.45) is 6.61. The van der Waals surface area contributed by atoms with Crippen LogP contribution in [0.1, 0.15) is 71.5 Å². The van der Waals surface area contributed by atoms with Crippen molar-refractivity contribution in [1.29, 1.82) is 0 Å². The highest BCUT2D eigenvalue weighted by Gasteiger charge is 2.75. The molecule has 4 heterocycles. The summed E-state index contributed by atoms with van der Waals surface area (Å²) < 4.78 is 13.4. The minimum absolute atomic E-state index is 0.154. The number of amides is 3. The van der Waals surface area contributed by atoms with Gasteiger partial charge in [-0.1, -0.05) is 78.7 Å². The zero-order valence-electron chi connectivity index (χ0n) is 26.4. The lowest BCUT2D eigenvalue weighted by atomic mass is 9.74. The van der Waals surface area contributed by atoms with Gasteiger partial charge in [-0.3, -0.25) is 19.2 Å². The first-order chi connectivity index (χ1) is 21.6. The number of esters is 1. The number of hydrogen-bond acceptors (Lipinski definition) is 7. The third kappa shape index (κ3) is 5.99. The number of carbonyl (C=O) groups is 4. The molecule has 1 aromatic carbocycles. The summed E-state index contributed by atoms with van der Waals surface area (Å²) in [6.45, 7) is 7.62. The largest absolute Gasteiger partial charge is 0.455 e. The summed E-state index contributed by atoms with van der Waals surface area (Å²) in [4.78, 5) is 59.7. The predicted molar refractivity (Wildman–Crippen MR) is 171 cm³/mol. The first-order valence-electron chi connectivity index (χ1n) is 16.1. The average molecular weight is 687 g/mol. The molecule has 0 aliphatic carbocycles. The number of cyclic esters (lactones) is 1. The number of aliphatic hydroxyl groups excluding tert-OH is 1. The SMILES string of the molecule is CCCC(C)N1C/C=C\CCC(=O)N[C@@H](C)[C@H](c2ccccc2)OC(=O)[C@H]2[C@@H]3O[C@@]4(C=C3Br)[C@@H]2C(=O)N([C@@H](CC)CO)[C@@H]4C1=O. The van der Waals surface area contributed by atoms with Gasteiger partial charge in [0.25, 0.3) is 0 Å². The second-order valence-corrected chi connectivity index (χ2v) is 13.5. The van der Waals surface area contributed by atoms with Gasteiger partial charge in [-0.25, -0.2) is 0 Å². The maximum absolute atomic E-state index is 14.8. The summed E-state index contributed by atoms with van der Waals surface area (Å²) in [5.41, 5.74) is -0.724. The molecule has 1 unspecified atom stereocenters. The van der Waals surface area contributed by atoms with E-state index >= 15 is 0 Å². The summed E-state index contributed by atoms with van der Waals surface area (Å²) in [5, 5.41) is 13.4. The number of likely N-dealkylation sites (tertiary alicyclic amines) is 1. The number of nitrogens with one attached hydrogen (secondary N) is 1. The summed E-state index contributed by atoms with van der Waals surface area (Å²) in [6, 6.07) is 6.73. The molecule has 0 saturated carbocycles. The molecule has 4 aliphatic rings. The number of aliphatic hydroxyl groups is 1. The first kappa shape index (κ1) is 33.3. The van der Waals surface area contributed by atoms with Crippen LogP contribution >= 0.6 is 15.9 Å². The van der Waals surface area contributed by atoms with E-state index in [1.165, 1.54) is 4.90 Å². The van der Waals surface area contributed by atoms with E-state index in [0.717, 1.165) is 12.8 Å². The minimum Gasteiger partial charge on any atom is -0.455 e. The van der Waals surface area contributed by atoms with Crippen LogP contribution in [0.25, 0.3) is 0 Å². The third-order valence-electron chi connectivity index (χ3n) is 9.69. The summed E-state index contributed by atoms with van der Waals surface area (Å²) in [7, 11) is 0. The van der Waals surface area contributed by atoms with E-state index in [-0.39, 0.29) is 37.4 Å². The molecule has 45 heavy (non-hydrogen) atoms. The Balaban J connectivity index is 1.64. The number of halogens is 1. The lowest BCUT2D eigenvalue weighted by Crippen LogP contribution is -2.59. The van der Waals surface area contributed by atoms with Gasteiger partial charge in [0.1, 0.15) is 29.8 Å². The second-order valence-electron chi connectivity index (χ2n) is 12.6. The van der Waals surface area contributed by atoms with Gasteiger partial charge < -0.3 is 29.7 Å². The van der Waals surface area contributed by atoms with Gasteiger partial charge in [0.15, 0.2) is 0 Å². The molecular weight excluding hydrogens is 642 g/mol. The Bertz CT molecular complexity index is 1350. The second kappa shape index (κ2) is 13.8. The van der Waals surface area contributed by atoms with Crippen LogP contribution < -0.4 is 5.32 Å². The molecular formula is C34H44BrN3O7. The van der Waals surface area contributed by atoms with Crippen LogP contribution in [0, 0.1) is 11.8 Å². The van der Waals surface area contributed by atoms with Gasteiger partial charge in [0.05, 0.1) is 24.6 Å². The van der Waals surface area contributed by atoms with Crippen molar-refractivity contribution in [3.05, 3.63) is 58.6 Å². The van der Waals surface area contributed by atoms with E-state index in [1.54, 1.807) is 17.9 Å². The number of allylic oxidation sites excluding steroid dienone is 1. The molecule has 0 radical (unpaired) electrons. The average Bonchev–Trinajstić information content (AvgIpc) is 3.61. The molecule has 244 valence electrons. The van der Waals surface area contributed by atoms with Crippen molar-refractivity contribution in [1.82, 2.24) is 15.1 Å². The van der Waals surface area contributed by atoms with E-state index in [2.05, 4.69) is 28.2 Å². The van der Waals surface area contributed by atoms with Crippen LogP contribution in [0.4, 0.5) is 0 Å². The van der Waals surface area contributed by atoms with E-state index in [9.17, 15) is 24.3 Å². The fourth-order valence-corrected chi connectivity index (χ4v) is 8.19. The van der Waals surface area contributed by atoms with Gasteiger partial charge in [-0.15, -0.1) is 0 Å². The third-order valence-corrected chi connectivity index (χ3v) is 10.4. The number of rotatable bonds is 7. The zero-order valence-corrected chi connectivity index (χ0v) is 27.9. The lowest BCUT2D eigenvalue weighted by Gasteiger charge is -2.40. The van der Waals surface area contributed by atoms with Crippen LogP contribution in [-0.2, 0) is 28.7 Å². The molecule has 2 fully saturated rings. The van der Waals surface area contributed by atoms with E-state index in [4.69, 9.17) is 9.47 Å². The van der Waals surface area contributed by atoms with Crippen molar-refractivity contribution in [3.63, 3.8) is 0 Å². The molecule has 2 N–H and O–H groups in total. The Morgan fingerprint density at radius 2 is 1.82 bits per heavy atom. The maximum atomic E-state index is 14.8. The van der Waals surface area contributed by atoms with Crippen molar-refractivity contribution < 1.29 is 33.8 Å². The van der Waals surface area contributed by atoms with Crippen LogP contribution in [0.5, 0.6) is 0 Å². The molecule has 3 amide bonds. The number of fused-ring (bicyclic) bond motifs is 2. The monoisotopic (exact) mass is 685 g/mol. The Morgan fingerprint density at radius 3 is 2.49 bits per heavy atom. The van der Waals surface area contributed by atoms with Crippen LogP contribution in [-0.4, -0.2) is 87.6 Å². The summed E-state index contributed by atoms with van der Waals surface area (Å²) in [5.74, 6) is -3.61. The molecule has 1 aromatic rings. The van der Waals surface area contributed by atoms with Gasteiger partial charge >= 0.3 is 5.97 Å². The van der Waals surface area contributed by atoms with Gasteiger partial charge in [-0.05, 0) is 44.7 Å². The number of ether oxygens (including phenoxy) is 2. The molecule has 5 rings (SSSR count). The van der Waals surface area contributed by atoms with Crippen LogP contribution in [0.2, 0.25) is 0 Å². The molecule has 11 heteroatoms. The summed E-state index contributed by atoms with van der Waals surface area (Å²) >= 11 is 3.59. The number of hydrogen-bond donors (Lipinski definition) is 2. The Kier molecular flexibility index (Phi) is 10.2. The predicted octanol–water partition coefficient (Wildman–Crippen LogP) is 3.79. The molecule has 0 aromatic heterocycles. The lowest BCUT2D eigenvalue weighted by molar-refractivity contribution is -0.162. The van der Waals surface area contributed by atoms with Crippen LogP contribution in [0.15, 0.2) is 53.0 Å². The number of nitrogens with zero attached hydrogens (tertiary/aromatic N) is 2. The van der Waals surface area contributed by atoms with Crippen molar-refractivity contribution in [2.75, 3.05) is 13.2 Å². The van der Waals surface area contributed by atoms with Gasteiger partial charge in [0.2, 0.25) is 17.7 Å². The van der Waals surface area contributed by atoms with Crippen LogP contribution in [0.3, 0.4) is 0 Å². The molecule has 9 atom stereocenters. The molecule has 2 saturated heterocycles. The standard InChI is InChI=1S/C34H44BrN3O7/c1-5-13-20(3)37-17-12-8-11-16-25(40)36-21(4)28(22-14-9-7-10-15-22)44-33(43)26-27-31(41)38(23(6-2)19-39)30(32(37)42)34(27)18-24(35)29(26)45-34/h7-10,12,14-15,18,20-21,23,26-30,39H,5-6,11,13,16-17,19H2,1-4H3,(H,36,40)/b12-8-/t20?,21-,23-,26+,27-,28+,29+,30+,34-/m0/s1. The van der Waals surface area contributed by atoms with Gasteiger partial charge in [0, 0.05) is 23.5 Å². The van der Waals surface area contributed by atoms with E-state index in [1.807, 2.05) is 56.3 Å². The van der Waals surface area contributed by atoms with Crippen molar-refractivity contribution >= 4 is 39.6 Å². The smallest absolute Gasteiger partial charge is 0.313 e. The fourth-order valence-electron chi connectivity index (χ4n) is 7.46. The molecule has 10 nitrogen and oxygen atoms in total. The zero-order chi connectivity index (χ0) is 32.5. The topological polar surface area (TPSA) is 125 Å². The highest BCUT2D eigenvalue weighted by Crippen LogP contribution is 2.59. The fraction of sp³-hybridized carbons (Fsp3) is 0.588. The minimum atomic E-state index is -1.42. The van der Waals surface area contributed by atoms with Crippen molar-refractivity contribution in [2.45, 2.75) is 102 Å². The Morgan fingerprint density at radius 1 is 1.09 bits per heavy atom. The molecule has 4 aliphatic heterocycles. The number of benzene rings is 1. The normalized spacial score (nSPS) is 34.2. The van der Waals surface area contributed by atoms with E-state index in [0.29, 0.717) is 22.9 Å². The number of carbonyl (C=O) groups excluding carboxylic acids is 4. The Hall–Kier alpha value is -3.02. The highest BCUT2D eigenvalue weighted by atomic mass is 79.9.